The van der Waals surface area contributed by atoms with E-state index in [2.05, 4.69) is 0 Å². The number of aryl methyl sites for hydroxylation is 2. The third-order valence-electron chi connectivity index (χ3n) is 2.06. The van der Waals surface area contributed by atoms with Gasteiger partial charge in [-0.05, 0) is 31.0 Å². The predicted octanol–water partition coefficient (Wildman–Crippen LogP) is 2.60. The Labute approximate surface area is 78.2 Å². The van der Waals surface area contributed by atoms with Gasteiger partial charge < -0.3 is 5.11 Å². The topological polar surface area (TPSA) is 37.3 Å². The van der Waals surface area contributed by atoms with E-state index in [1.165, 1.54) is 0 Å². The quantitative estimate of drug-likeness (QED) is 0.707. The highest BCUT2D eigenvalue weighted by Gasteiger charge is 2.12. The minimum absolute atomic E-state index is 0.00463. The van der Waals surface area contributed by atoms with E-state index < -0.39 is 0 Å². The summed E-state index contributed by atoms with van der Waals surface area (Å²) in [5.74, 6) is 0.0966. The molecule has 0 aromatic heterocycles. The largest absolute Gasteiger partial charge is 0.507 e. The van der Waals surface area contributed by atoms with E-state index in [-0.39, 0.29) is 11.5 Å². The van der Waals surface area contributed by atoms with Crippen LogP contribution >= 0.6 is 0 Å². The molecule has 1 rings (SSSR count). The van der Waals surface area contributed by atoms with Gasteiger partial charge in [-0.15, -0.1) is 0 Å². The van der Waals surface area contributed by atoms with Crippen LogP contribution in [0.1, 0.15) is 34.8 Å². The molecule has 1 aromatic carbocycles. The van der Waals surface area contributed by atoms with E-state index in [1.54, 1.807) is 13.0 Å². The first-order valence-electron chi connectivity index (χ1n) is 4.39. The summed E-state index contributed by atoms with van der Waals surface area (Å²) in [6.45, 7) is 5.53. The summed E-state index contributed by atoms with van der Waals surface area (Å²) in [5.41, 5.74) is 2.29. The van der Waals surface area contributed by atoms with E-state index >= 15 is 0 Å². The molecule has 0 saturated carbocycles. The van der Waals surface area contributed by atoms with E-state index in [0.717, 1.165) is 11.1 Å². The van der Waals surface area contributed by atoms with Crippen molar-refractivity contribution in [3.05, 3.63) is 28.8 Å². The van der Waals surface area contributed by atoms with Crippen molar-refractivity contribution in [2.75, 3.05) is 0 Å². The third kappa shape index (κ3) is 1.89. The van der Waals surface area contributed by atoms with Crippen molar-refractivity contribution >= 4 is 5.78 Å². The highest BCUT2D eigenvalue weighted by molar-refractivity contribution is 5.99. The van der Waals surface area contributed by atoms with E-state index in [9.17, 15) is 9.90 Å². The molecule has 0 heterocycles. The van der Waals surface area contributed by atoms with Crippen molar-refractivity contribution in [2.45, 2.75) is 27.2 Å². The normalized spacial score (nSPS) is 10.1. The predicted molar refractivity (Wildman–Crippen MR) is 52.2 cm³/mol. The van der Waals surface area contributed by atoms with Crippen LogP contribution in [0.3, 0.4) is 0 Å². The summed E-state index contributed by atoms with van der Waals surface area (Å²) in [6, 6.07) is 3.53. The van der Waals surface area contributed by atoms with Crippen LogP contribution in [0.5, 0.6) is 5.75 Å². The molecule has 0 aliphatic carbocycles. The average molecular weight is 178 g/mol. The molecule has 0 fully saturated rings. The van der Waals surface area contributed by atoms with Gasteiger partial charge in [-0.25, -0.2) is 0 Å². The second-order valence-corrected chi connectivity index (χ2v) is 3.25. The highest BCUT2D eigenvalue weighted by atomic mass is 16.3. The minimum Gasteiger partial charge on any atom is -0.507 e. The molecule has 2 heteroatoms. The standard InChI is InChI=1S/C11H14O2/c1-4-9(12)11-8(3)5-7(2)6-10(11)13/h5-6,13H,4H2,1-3H3. The van der Waals surface area contributed by atoms with Gasteiger partial charge in [0.1, 0.15) is 5.75 Å². The van der Waals surface area contributed by atoms with Crippen molar-refractivity contribution in [3.8, 4) is 5.75 Å². The maximum absolute atomic E-state index is 11.4. The summed E-state index contributed by atoms with van der Waals surface area (Å²) in [6.07, 6.45) is 0.428. The number of rotatable bonds is 2. The van der Waals surface area contributed by atoms with Gasteiger partial charge in [0.2, 0.25) is 0 Å². The van der Waals surface area contributed by atoms with Crippen LogP contribution in [0.4, 0.5) is 0 Å². The number of aromatic hydroxyl groups is 1. The molecule has 0 amide bonds. The maximum atomic E-state index is 11.4. The van der Waals surface area contributed by atoms with Crippen LogP contribution < -0.4 is 0 Å². The van der Waals surface area contributed by atoms with Crippen LogP contribution in [0.25, 0.3) is 0 Å². The Morgan fingerprint density at radius 1 is 1.38 bits per heavy atom. The van der Waals surface area contributed by atoms with E-state index in [4.69, 9.17) is 0 Å². The lowest BCUT2D eigenvalue weighted by Gasteiger charge is -2.07. The number of carbonyl (C=O) groups excluding carboxylic acids is 1. The molecule has 0 radical (unpaired) electrons. The summed E-state index contributed by atoms with van der Waals surface area (Å²) >= 11 is 0. The number of ketones is 1. The highest BCUT2D eigenvalue weighted by Crippen LogP contribution is 2.24. The molecule has 0 spiro atoms. The second kappa shape index (κ2) is 3.60. The lowest BCUT2D eigenvalue weighted by Crippen LogP contribution is -2.00. The Kier molecular flexibility index (Phi) is 2.71. The molecule has 1 N–H and O–H groups in total. The summed E-state index contributed by atoms with van der Waals surface area (Å²) in [7, 11) is 0. The first-order chi connectivity index (χ1) is 6.06. The second-order valence-electron chi connectivity index (χ2n) is 3.25. The van der Waals surface area contributed by atoms with E-state index in [0.29, 0.717) is 12.0 Å². The Bertz CT molecular complexity index is 317. The van der Waals surface area contributed by atoms with Gasteiger partial charge >= 0.3 is 0 Å². The zero-order valence-electron chi connectivity index (χ0n) is 8.22. The van der Waals surface area contributed by atoms with Gasteiger partial charge in [0.15, 0.2) is 5.78 Å². The molecule has 0 saturated heterocycles. The molecule has 13 heavy (non-hydrogen) atoms. The molecule has 0 aliphatic heterocycles. The smallest absolute Gasteiger partial charge is 0.166 e. The summed E-state index contributed by atoms with van der Waals surface area (Å²) in [5, 5.41) is 9.55. The Balaban J connectivity index is 3.28. The van der Waals surface area contributed by atoms with Gasteiger partial charge in [-0.3, -0.25) is 4.79 Å². The van der Waals surface area contributed by atoms with Crippen molar-refractivity contribution in [3.63, 3.8) is 0 Å². The van der Waals surface area contributed by atoms with Crippen molar-refractivity contribution in [2.24, 2.45) is 0 Å². The molecular weight excluding hydrogens is 164 g/mol. The summed E-state index contributed by atoms with van der Waals surface area (Å²) < 4.78 is 0. The molecule has 0 atom stereocenters. The molecule has 0 unspecified atom stereocenters. The van der Waals surface area contributed by atoms with Gasteiger partial charge in [0.25, 0.3) is 0 Å². The first-order valence-corrected chi connectivity index (χ1v) is 4.39. The number of carbonyl (C=O) groups is 1. The van der Waals surface area contributed by atoms with Crippen molar-refractivity contribution in [1.82, 2.24) is 0 Å². The molecule has 1 aromatic rings. The first kappa shape index (κ1) is 9.78. The van der Waals surface area contributed by atoms with Crippen LogP contribution in [-0.2, 0) is 0 Å². The zero-order valence-corrected chi connectivity index (χ0v) is 8.22. The lowest BCUT2D eigenvalue weighted by molar-refractivity contribution is 0.0985. The summed E-state index contributed by atoms with van der Waals surface area (Å²) in [4.78, 5) is 11.4. The van der Waals surface area contributed by atoms with Gasteiger partial charge in [-0.2, -0.15) is 0 Å². The number of phenolic OH excluding ortho intramolecular Hbond substituents is 1. The van der Waals surface area contributed by atoms with Crippen LogP contribution in [0.2, 0.25) is 0 Å². The number of phenols is 1. The van der Waals surface area contributed by atoms with Crippen LogP contribution in [0.15, 0.2) is 12.1 Å². The number of benzene rings is 1. The van der Waals surface area contributed by atoms with Gasteiger partial charge in [-0.1, -0.05) is 13.0 Å². The van der Waals surface area contributed by atoms with E-state index in [1.807, 2.05) is 19.9 Å². The fourth-order valence-corrected chi connectivity index (χ4v) is 1.48. The minimum atomic E-state index is -0.00463. The number of hydrogen-bond donors (Lipinski definition) is 1. The lowest BCUT2D eigenvalue weighted by atomic mass is 10.00. The SMILES string of the molecule is CCC(=O)c1c(C)cc(C)cc1O. The fraction of sp³-hybridized carbons (Fsp3) is 0.364. The average Bonchev–Trinajstić information content (AvgIpc) is 2.02. The molecule has 0 aliphatic rings. The maximum Gasteiger partial charge on any atom is 0.166 e. The van der Waals surface area contributed by atoms with Gasteiger partial charge in [0, 0.05) is 6.42 Å². The monoisotopic (exact) mass is 178 g/mol. The Morgan fingerprint density at radius 2 is 2.00 bits per heavy atom. The number of Topliss-reactive ketones (excluding diaryl/α,β-unsaturated/α-hetero) is 1. The fourth-order valence-electron chi connectivity index (χ4n) is 1.48. The van der Waals surface area contributed by atoms with Gasteiger partial charge in [0.05, 0.1) is 5.56 Å². The molecule has 0 bridgehead atoms. The van der Waals surface area contributed by atoms with Crippen LogP contribution in [-0.4, -0.2) is 10.9 Å². The molecule has 2 nitrogen and oxygen atoms in total. The van der Waals surface area contributed by atoms with Crippen LogP contribution in [0, 0.1) is 13.8 Å². The molecular formula is C11H14O2. The van der Waals surface area contributed by atoms with Crippen molar-refractivity contribution in [1.29, 1.82) is 0 Å². The number of hydrogen-bond acceptors (Lipinski definition) is 2. The third-order valence-corrected chi connectivity index (χ3v) is 2.06. The molecule has 70 valence electrons. The zero-order chi connectivity index (χ0) is 10.0. The Morgan fingerprint density at radius 3 is 2.46 bits per heavy atom. The van der Waals surface area contributed by atoms with Crippen molar-refractivity contribution < 1.29 is 9.90 Å². The Hall–Kier alpha value is -1.31.